The van der Waals surface area contributed by atoms with Gasteiger partial charge < -0.3 is 5.32 Å². The first kappa shape index (κ1) is 14.2. The third-order valence-corrected chi connectivity index (χ3v) is 3.59. The van der Waals surface area contributed by atoms with Crippen LogP contribution < -0.4 is 5.32 Å². The fraction of sp³-hybridized carbons (Fsp3) is 0.267. The topological polar surface area (TPSA) is 24.9 Å². The molecule has 0 radical (unpaired) electrons. The average Bonchev–Trinajstić information content (AvgIpc) is 2.39. The lowest BCUT2D eigenvalue weighted by molar-refractivity contribution is 0.867. The van der Waals surface area contributed by atoms with Crippen molar-refractivity contribution in [3.63, 3.8) is 0 Å². The van der Waals surface area contributed by atoms with Crippen LogP contribution in [0.25, 0.3) is 11.3 Å². The number of nitrogens with zero attached hydrogens (tertiary/aromatic N) is 1. The molecule has 0 aliphatic heterocycles. The maximum atomic E-state index is 6.22. The van der Waals surface area contributed by atoms with Gasteiger partial charge in [-0.3, -0.25) is 0 Å². The Kier molecular flexibility index (Phi) is 4.33. The Morgan fingerprint density at radius 2 is 1.68 bits per heavy atom. The summed E-state index contributed by atoms with van der Waals surface area (Å²) < 4.78 is 0. The SMILES string of the molecule is CNc1nc(-c2ccc(C(C)C)cc2)c(Cl)cc1Cl. The van der Waals surface area contributed by atoms with Crippen LogP contribution in [0.1, 0.15) is 25.3 Å². The van der Waals surface area contributed by atoms with Gasteiger partial charge in [-0.05, 0) is 17.5 Å². The minimum Gasteiger partial charge on any atom is -0.372 e. The van der Waals surface area contributed by atoms with Gasteiger partial charge in [0.2, 0.25) is 0 Å². The number of halogens is 2. The van der Waals surface area contributed by atoms with Crippen LogP contribution in [0.15, 0.2) is 30.3 Å². The smallest absolute Gasteiger partial charge is 0.145 e. The zero-order chi connectivity index (χ0) is 14.0. The van der Waals surface area contributed by atoms with Crippen LogP contribution in [0.4, 0.5) is 5.82 Å². The van der Waals surface area contributed by atoms with Gasteiger partial charge in [-0.25, -0.2) is 4.98 Å². The third kappa shape index (κ3) is 3.02. The standard InChI is InChI=1S/C15H16Cl2N2/c1-9(2)10-4-6-11(7-5-10)14-12(16)8-13(17)15(18-3)19-14/h4-9H,1-3H3,(H,18,19). The summed E-state index contributed by atoms with van der Waals surface area (Å²) in [6, 6.07) is 10.00. The van der Waals surface area contributed by atoms with Gasteiger partial charge in [0.25, 0.3) is 0 Å². The molecule has 0 saturated carbocycles. The van der Waals surface area contributed by atoms with Crippen LogP contribution in [0.3, 0.4) is 0 Å². The summed E-state index contributed by atoms with van der Waals surface area (Å²) >= 11 is 12.3. The lowest BCUT2D eigenvalue weighted by Gasteiger charge is -2.10. The highest BCUT2D eigenvalue weighted by Crippen LogP contribution is 2.32. The van der Waals surface area contributed by atoms with Gasteiger partial charge in [-0.15, -0.1) is 0 Å². The van der Waals surface area contributed by atoms with Crippen molar-refractivity contribution in [1.82, 2.24) is 4.98 Å². The number of aromatic nitrogens is 1. The average molecular weight is 295 g/mol. The maximum Gasteiger partial charge on any atom is 0.145 e. The molecular weight excluding hydrogens is 279 g/mol. The largest absolute Gasteiger partial charge is 0.372 e. The molecular formula is C15H16Cl2N2. The minimum absolute atomic E-state index is 0.510. The second-order valence-corrected chi connectivity index (χ2v) is 5.49. The molecule has 0 atom stereocenters. The zero-order valence-electron chi connectivity index (χ0n) is 11.2. The molecule has 1 aromatic carbocycles. The van der Waals surface area contributed by atoms with E-state index in [0.29, 0.717) is 21.8 Å². The van der Waals surface area contributed by atoms with Crippen molar-refractivity contribution in [3.8, 4) is 11.3 Å². The van der Waals surface area contributed by atoms with Gasteiger partial charge in [-0.1, -0.05) is 61.3 Å². The van der Waals surface area contributed by atoms with Crippen molar-refractivity contribution in [2.45, 2.75) is 19.8 Å². The number of anilines is 1. The van der Waals surface area contributed by atoms with Gasteiger partial charge >= 0.3 is 0 Å². The fourth-order valence-corrected chi connectivity index (χ4v) is 2.43. The van der Waals surface area contributed by atoms with Crippen LogP contribution in [-0.4, -0.2) is 12.0 Å². The summed E-state index contributed by atoms with van der Waals surface area (Å²) in [7, 11) is 1.79. The summed E-state index contributed by atoms with van der Waals surface area (Å²) in [5.41, 5.74) is 3.02. The van der Waals surface area contributed by atoms with E-state index >= 15 is 0 Å². The van der Waals surface area contributed by atoms with E-state index in [1.807, 2.05) is 12.1 Å². The molecule has 0 spiro atoms. The van der Waals surface area contributed by atoms with Gasteiger partial charge in [0.05, 0.1) is 15.7 Å². The van der Waals surface area contributed by atoms with Crippen molar-refractivity contribution < 1.29 is 0 Å². The van der Waals surface area contributed by atoms with Gasteiger partial charge in [0.1, 0.15) is 5.82 Å². The van der Waals surface area contributed by atoms with Crippen molar-refractivity contribution in [2.24, 2.45) is 0 Å². The fourth-order valence-electron chi connectivity index (χ4n) is 1.87. The number of benzene rings is 1. The van der Waals surface area contributed by atoms with E-state index in [0.717, 1.165) is 11.3 Å². The molecule has 0 aliphatic rings. The summed E-state index contributed by atoms with van der Waals surface area (Å²) in [6.07, 6.45) is 0. The zero-order valence-corrected chi connectivity index (χ0v) is 12.7. The number of nitrogens with one attached hydrogen (secondary N) is 1. The molecule has 0 aliphatic carbocycles. The van der Waals surface area contributed by atoms with E-state index in [9.17, 15) is 0 Å². The highest BCUT2D eigenvalue weighted by molar-refractivity contribution is 6.37. The predicted octanol–water partition coefficient (Wildman–Crippen LogP) is 5.22. The highest BCUT2D eigenvalue weighted by atomic mass is 35.5. The Balaban J connectivity index is 2.46. The van der Waals surface area contributed by atoms with Gasteiger partial charge in [0.15, 0.2) is 0 Å². The van der Waals surface area contributed by atoms with E-state index < -0.39 is 0 Å². The molecule has 2 rings (SSSR count). The van der Waals surface area contributed by atoms with Gasteiger partial charge in [-0.2, -0.15) is 0 Å². The molecule has 1 aromatic heterocycles. The van der Waals surface area contributed by atoms with E-state index in [1.165, 1.54) is 5.56 Å². The number of hydrogen-bond acceptors (Lipinski definition) is 2. The lowest BCUT2D eigenvalue weighted by Crippen LogP contribution is -1.96. The molecule has 2 nitrogen and oxygen atoms in total. The molecule has 0 fully saturated rings. The molecule has 0 saturated heterocycles. The third-order valence-electron chi connectivity index (χ3n) is 3.02. The summed E-state index contributed by atoms with van der Waals surface area (Å²) in [4.78, 5) is 4.46. The lowest BCUT2D eigenvalue weighted by atomic mass is 10.0. The van der Waals surface area contributed by atoms with Crippen molar-refractivity contribution in [2.75, 3.05) is 12.4 Å². The number of hydrogen-bond donors (Lipinski definition) is 1. The van der Waals surface area contributed by atoms with E-state index in [2.05, 4.69) is 36.3 Å². The molecule has 0 unspecified atom stereocenters. The Bertz CT molecular complexity index is 577. The van der Waals surface area contributed by atoms with Crippen molar-refractivity contribution in [1.29, 1.82) is 0 Å². The molecule has 100 valence electrons. The first-order chi connectivity index (χ1) is 9.02. The van der Waals surface area contributed by atoms with Crippen molar-refractivity contribution >= 4 is 29.0 Å². The predicted molar refractivity (Wildman–Crippen MR) is 83.3 cm³/mol. The molecule has 1 N–H and O–H groups in total. The highest BCUT2D eigenvalue weighted by Gasteiger charge is 2.10. The van der Waals surface area contributed by atoms with Crippen molar-refractivity contribution in [3.05, 3.63) is 45.9 Å². The van der Waals surface area contributed by atoms with Crippen LogP contribution in [0.2, 0.25) is 10.0 Å². The Labute approximate surface area is 123 Å². The monoisotopic (exact) mass is 294 g/mol. The van der Waals surface area contributed by atoms with E-state index in [4.69, 9.17) is 23.2 Å². The Morgan fingerprint density at radius 1 is 1.05 bits per heavy atom. The molecule has 2 aromatic rings. The molecule has 0 amide bonds. The second kappa shape index (κ2) is 5.81. The summed E-state index contributed by atoms with van der Waals surface area (Å²) in [5.74, 6) is 1.14. The molecule has 1 heterocycles. The number of rotatable bonds is 3. The molecule has 19 heavy (non-hydrogen) atoms. The van der Waals surface area contributed by atoms with E-state index in [1.54, 1.807) is 13.1 Å². The normalized spacial score (nSPS) is 10.8. The first-order valence-corrected chi connectivity index (χ1v) is 6.92. The second-order valence-electron chi connectivity index (χ2n) is 4.68. The molecule has 4 heteroatoms. The summed E-state index contributed by atoms with van der Waals surface area (Å²) in [5, 5.41) is 4.04. The first-order valence-electron chi connectivity index (χ1n) is 6.17. The van der Waals surface area contributed by atoms with Crippen LogP contribution in [0, 0.1) is 0 Å². The minimum atomic E-state index is 0.510. The van der Waals surface area contributed by atoms with E-state index in [-0.39, 0.29) is 0 Å². The Morgan fingerprint density at radius 3 is 2.21 bits per heavy atom. The molecule has 0 bridgehead atoms. The van der Waals surface area contributed by atoms with Crippen LogP contribution >= 0.6 is 23.2 Å². The maximum absolute atomic E-state index is 6.22. The number of pyridine rings is 1. The Hall–Kier alpha value is -1.25. The quantitative estimate of drug-likeness (QED) is 0.839. The van der Waals surface area contributed by atoms with Crippen LogP contribution in [-0.2, 0) is 0 Å². The summed E-state index contributed by atoms with van der Waals surface area (Å²) in [6.45, 7) is 4.34. The van der Waals surface area contributed by atoms with Crippen LogP contribution in [0.5, 0.6) is 0 Å². The van der Waals surface area contributed by atoms with Gasteiger partial charge in [0, 0.05) is 12.6 Å².